The first-order valence-corrected chi connectivity index (χ1v) is 9.25. The number of aromatic amines is 1. The van der Waals surface area contributed by atoms with E-state index in [9.17, 15) is 4.79 Å². The summed E-state index contributed by atoms with van der Waals surface area (Å²) in [5.74, 6) is 1.14. The molecule has 1 aromatic carbocycles. The summed E-state index contributed by atoms with van der Waals surface area (Å²) < 4.78 is 5.39. The molecule has 0 atom stereocenters. The number of ether oxygens (including phenoxy) is 1. The molecule has 0 saturated heterocycles. The SMILES string of the molecule is COc1ccc(Cl)cc1-c1nc2sc3c(c2c(=O)[nH]1)CCCCC3. The Labute approximate surface area is 148 Å². The predicted molar refractivity (Wildman–Crippen MR) is 98.5 cm³/mol. The van der Waals surface area contributed by atoms with E-state index in [2.05, 4.69) is 4.98 Å². The Balaban J connectivity index is 1.94. The number of halogens is 1. The molecule has 1 N–H and O–H groups in total. The van der Waals surface area contributed by atoms with Crippen LogP contribution in [0.1, 0.15) is 29.7 Å². The van der Waals surface area contributed by atoms with E-state index >= 15 is 0 Å². The molecule has 0 fully saturated rings. The number of aryl methyl sites for hydroxylation is 2. The Morgan fingerprint density at radius 2 is 2.08 bits per heavy atom. The van der Waals surface area contributed by atoms with E-state index in [1.54, 1.807) is 36.6 Å². The quantitative estimate of drug-likeness (QED) is 0.680. The van der Waals surface area contributed by atoms with Crippen LogP contribution in [0.25, 0.3) is 21.6 Å². The first-order valence-electron chi connectivity index (χ1n) is 8.06. The molecule has 0 spiro atoms. The molecule has 124 valence electrons. The molecule has 4 nitrogen and oxygen atoms in total. The van der Waals surface area contributed by atoms with Crippen LogP contribution < -0.4 is 10.3 Å². The minimum atomic E-state index is -0.0728. The molecule has 0 bridgehead atoms. The second kappa shape index (κ2) is 6.22. The minimum Gasteiger partial charge on any atom is -0.496 e. The topological polar surface area (TPSA) is 55.0 Å². The molecule has 2 aromatic heterocycles. The zero-order chi connectivity index (χ0) is 16.7. The first kappa shape index (κ1) is 15.7. The minimum absolute atomic E-state index is 0.0728. The smallest absolute Gasteiger partial charge is 0.260 e. The molecule has 0 amide bonds. The van der Waals surface area contributed by atoms with E-state index in [0.717, 1.165) is 29.5 Å². The van der Waals surface area contributed by atoms with Gasteiger partial charge in [-0.05, 0) is 49.4 Å². The zero-order valence-electron chi connectivity index (χ0n) is 13.3. The van der Waals surface area contributed by atoms with E-state index in [-0.39, 0.29) is 5.56 Å². The van der Waals surface area contributed by atoms with Crippen molar-refractivity contribution in [3.8, 4) is 17.1 Å². The van der Waals surface area contributed by atoms with E-state index in [0.29, 0.717) is 22.2 Å². The molecule has 1 aliphatic rings. The standard InChI is InChI=1S/C18H17ClN2O2S/c1-23-13-8-7-10(19)9-12(13)16-20-17(22)15-11-5-3-2-4-6-14(11)24-18(15)21-16/h7-9H,2-6H2,1H3,(H,20,21,22). The number of fused-ring (bicyclic) bond motifs is 3. The maximum Gasteiger partial charge on any atom is 0.260 e. The molecule has 0 saturated carbocycles. The van der Waals surface area contributed by atoms with Gasteiger partial charge >= 0.3 is 0 Å². The maximum atomic E-state index is 12.7. The fourth-order valence-corrected chi connectivity index (χ4v) is 4.77. The van der Waals surface area contributed by atoms with Crippen molar-refractivity contribution < 1.29 is 4.74 Å². The Bertz CT molecular complexity index is 977. The van der Waals surface area contributed by atoms with Crippen LogP contribution in [-0.2, 0) is 12.8 Å². The third-order valence-corrected chi connectivity index (χ3v) is 5.91. The molecule has 0 radical (unpaired) electrons. The third kappa shape index (κ3) is 2.62. The van der Waals surface area contributed by atoms with Crippen molar-refractivity contribution in [1.82, 2.24) is 9.97 Å². The summed E-state index contributed by atoms with van der Waals surface area (Å²) in [6, 6.07) is 5.31. The van der Waals surface area contributed by atoms with Gasteiger partial charge in [0, 0.05) is 9.90 Å². The number of hydrogen-bond donors (Lipinski definition) is 1. The monoisotopic (exact) mass is 360 g/mol. The van der Waals surface area contributed by atoms with Gasteiger partial charge in [-0.25, -0.2) is 4.98 Å². The lowest BCUT2D eigenvalue weighted by atomic mass is 10.1. The van der Waals surface area contributed by atoms with Crippen LogP contribution in [0.15, 0.2) is 23.0 Å². The first-order chi connectivity index (χ1) is 11.7. The molecule has 2 heterocycles. The predicted octanol–water partition coefficient (Wildman–Crippen LogP) is 4.58. The molecule has 6 heteroatoms. The van der Waals surface area contributed by atoms with E-state index in [4.69, 9.17) is 21.3 Å². The molecular formula is C18H17ClN2O2S. The molecule has 0 unspecified atom stereocenters. The molecule has 4 rings (SSSR count). The summed E-state index contributed by atoms with van der Waals surface area (Å²) in [5, 5.41) is 1.34. The highest BCUT2D eigenvalue weighted by Gasteiger charge is 2.20. The van der Waals surface area contributed by atoms with Gasteiger partial charge in [0.2, 0.25) is 0 Å². The van der Waals surface area contributed by atoms with Crippen molar-refractivity contribution in [3.63, 3.8) is 0 Å². The lowest BCUT2D eigenvalue weighted by Crippen LogP contribution is -2.10. The van der Waals surface area contributed by atoms with Crippen molar-refractivity contribution >= 4 is 33.2 Å². The molecule has 0 aliphatic heterocycles. The van der Waals surface area contributed by atoms with Gasteiger partial charge in [0.25, 0.3) is 5.56 Å². The average molecular weight is 361 g/mol. The van der Waals surface area contributed by atoms with Crippen LogP contribution in [0.2, 0.25) is 5.02 Å². The average Bonchev–Trinajstić information content (AvgIpc) is 2.77. The van der Waals surface area contributed by atoms with Crippen LogP contribution in [0, 0.1) is 0 Å². The van der Waals surface area contributed by atoms with Gasteiger partial charge in [-0.15, -0.1) is 11.3 Å². The summed E-state index contributed by atoms with van der Waals surface area (Å²) in [5.41, 5.74) is 1.83. The number of nitrogens with one attached hydrogen (secondary N) is 1. The Morgan fingerprint density at radius 3 is 2.92 bits per heavy atom. The van der Waals surface area contributed by atoms with Gasteiger partial charge in [0.15, 0.2) is 0 Å². The summed E-state index contributed by atoms with van der Waals surface area (Å²) in [7, 11) is 1.59. The number of thiophene rings is 1. The third-order valence-electron chi connectivity index (χ3n) is 4.49. The number of rotatable bonds is 2. The maximum absolute atomic E-state index is 12.7. The van der Waals surface area contributed by atoms with Gasteiger partial charge in [0.05, 0.1) is 18.1 Å². The Morgan fingerprint density at radius 1 is 1.25 bits per heavy atom. The van der Waals surface area contributed by atoms with Gasteiger partial charge < -0.3 is 9.72 Å². The van der Waals surface area contributed by atoms with E-state index in [1.807, 2.05) is 0 Å². The van der Waals surface area contributed by atoms with Crippen molar-refractivity contribution in [2.24, 2.45) is 0 Å². The lowest BCUT2D eigenvalue weighted by Gasteiger charge is -2.08. The number of methoxy groups -OCH3 is 1. The van der Waals surface area contributed by atoms with Crippen LogP contribution >= 0.6 is 22.9 Å². The molecule has 3 aromatic rings. The van der Waals surface area contributed by atoms with Crippen molar-refractivity contribution in [3.05, 3.63) is 44.0 Å². The highest BCUT2D eigenvalue weighted by molar-refractivity contribution is 7.18. The second-order valence-corrected chi connectivity index (χ2v) is 7.52. The highest BCUT2D eigenvalue weighted by atomic mass is 35.5. The summed E-state index contributed by atoms with van der Waals surface area (Å²) >= 11 is 7.76. The Hall–Kier alpha value is -1.85. The number of nitrogens with zero attached hydrogens (tertiary/aromatic N) is 1. The van der Waals surface area contributed by atoms with Crippen LogP contribution in [-0.4, -0.2) is 17.1 Å². The van der Waals surface area contributed by atoms with Crippen LogP contribution in [0.4, 0.5) is 0 Å². The number of aromatic nitrogens is 2. The van der Waals surface area contributed by atoms with Crippen molar-refractivity contribution in [1.29, 1.82) is 0 Å². The van der Waals surface area contributed by atoms with Crippen molar-refractivity contribution in [2.45, 2.75) is 32.1 Å². The summed E-state index contributed by atoms with van der Waals surface area (Å²) in [6.45, 7) is 0. The van der Waals surface area contributed by atoms with Crippen molar-refractivity contribution in [2.75, 3.05) is 7.11 Å². The normalized spacial score (nSPS) is 14.4. The molecule has 1 aliphatic carbocycles. The number of benzene rings is 1. The Kier molecular flexibility index (Phi) is 4.06. The number of H-pyrrole nitrogens is 1. The largest absolute Gasteiger partial charge is 0.496 e. The van der Waals surface area contributed by atoms with Crippen LogP contribution in [0.3, 0.4) is 0 Å². The van der Waals surface area contributed by atoms with E-state index in [1.165, 1.54) is 23.3 Å². The summed E-state index contributed by atoms with van der Waals surface area (Å²) in [4.78, 5) is 22.5. The van der Waals surface area contributed by atoms with Gasteiger partial charge in [-0.3, -0.25) is 4.79 Å². The molecular weight excluding hydrogens is 344 g/mol. The van der Waals surface area contributed by atoms with Gasteiger partial charge in [-0.2, -0.15) is 0 Å². The zero-order valence-corrected chi connectivity index (χ0v) is 14.9. The number of hydrogen-bond acceptors (Lipinski definition) is 4. The van der Waals surface area contributed by atoms with Gasteiger partial charge in [0.1, 0.15) is 16.4 Å². The van der Waals surface area contributed by atoms with Crippen LogP contribution in [0.5, 0.6) is 5.75 Å². The molecule has 24 heavy (non-hydrogen) atoms. The fraction of sp³-hybridized carbons (Fsp3) is 0.333. The summed E-state index contributed by atoms with van der Waals surface area (Å²) in [6.07, 6.45) is 5.58. The fourth-order valence-electron chi connectivity index (χ4n) is 3.33. The highest BCUT2D eigenvalue weighted by Crippen LogP contribution is 2.35. The lowest BCUT2D eigenvalue weighted by molar-refractivity contribution is 0.416. The second-order valence-electron chi connectivity index (χ2n) is 6.00. The van der Waals surface area contributed by atoms with Gasteiger partial charge in [-0.1, -0.05) is 18.0 Å². The van der Waals surface area contributed by atoms with E-state index < -0.39 is 0 Å².